The minimum Gasteiger partial charge on any atom is -0.444 e. The predicted molar refractivity (Wildman–Crippen MR) is 177 cm³/mol. The summed E-state index contributed by atoms with van der Waals surface area (Å²) in [5.41, 5.74) is 5.05. The molecule has 0 saturated carbocycles. The Morgan fingerprint density at radius 3 is 1.89 bits per heavy atom. The third-order valence-electron chi connectivity index (χ3n) is 8.42. The molecular weight excluding hydrogens is 580 g/mol. The van der Waals surface area contributed by atoms with Crippen LogP contribution < -0.4 is 0 Å². The van der Waals surface area contributed by atoms with Gasteiger partial charge in [-0.25, -0.2) is 19.7 Å². The van der Waals surface area contributed by atoms with Crippen molar-refractivity contribution in [3.63, 3.8) is 0 Å². The number of aromatic nitrogens is 4. The van der Waals surface area contributed by atoms with E-state index in [4.69, 9.17) is 14.5 Å². The van der Waals surface area contributed by atoms with Gasteiger partial charge in [0.15, 0.2) is 0 Å². The number of aliphatic hydroxyl groups excluding tert-OH is 1. The van der Waals surface area contributed by atoms with Gasteiger partial charge in [-0.3, -0.25) is 4.90 Å². The molecule has 2 aromatic carbocycles. The fourth-order valence-corrected chi connectivity index (χ4v) is 6.36. The van der Waals surface area contributed by atoms with E-state index < -0.39 is 17.6 Å². The number of H-pyrrole nitrogens is 2. The number of aliphatic hydroxyl groups is 1. The molecule has 2 aliphatic heterocycles. The monoisotopic (exact) mass is 626 g/mol. The van der Waals surface area contributed by atoms with Crippen LogP contribution in [-0.4, -0.2) is 71.6 Å². The molecule has 3 N–H and O–H groups in total. The fourth-order valence-electron chi connectivity index (χ4n) is 6.36. The maximum atomic E-state index is 12.8. The number of nitrogens with one attached hydrogen (secondary N) is 2. The molecule has 2 aromatic heterocycles. The van der Waals surface area contributed by atoms with Crippen LogP contribution in [0.5, 0.6) is 0 Å². The quantitative estimate of drug-likeness (QED) is 0.183. The zero-order valence-electron chi connectivity index (χ0n) is 27.7. The van der Waals surface area contributed by atoms with Gasteiger partial charge in [-0.15, -0.1) is 0 Å². The Hall–Kier alpha value is -3.99. The SMILES string of the molecule is CC(C)(C)OC(=O)N1CCC[C@H]1c1ncc(-c2cccc(-c3cccc(-c4cnc(C5CCCN5C(O)OC(C)(C)C)[nH]4)c3)c2)[nH]1. The number of carbonyl (C=O) groups excluding carboxylic acids is 1. The molecule has 0 bridgehead atoms. The van der Waals surface area contributed by atoms with E-state index in [2.05, 4.69) is 57.4 Å². The van der Waals surface area contributed by atoms with E-state index in [1.807, 2.05) is 64.9 Å². The van der Waals surface area contributed by atoms with Gasteiger partial charge in [0.05, 0.1) is 41.5 Å². The first-order valence-corrected chi connectivity index (χ1v) is 16.3. The third-order valence-corrected chi connectivity index (χ3v) is 8.42. The van der Waals surface area contributed by atoms with Gasteiger partial charge in [0, 0.05) is 24.2 Å². The van der Waals surface area contributed by atoms with Gasteiger partial charge < -0.3 is 24.5 Å². The summed E-state index contributed by atoms with van der Waals surface area (Å²) in [5, 5.41) is 10.8. The Morgan fingerprint density at radius 1 is 0.804 bits per heavy atom. The second-order valence-electron chi connectivity index (χ2n) is 14.3. The Labute approximate surface area is 271 Å². The van der Waals surface area contributed by atoms with Crippen LogP contribution >= 0.6 is 0 Å². The Kier molecular flexibility index (Phi) is 8.80. The Morgan fingerprint density at radius 2 is 1.33 bits per heavy atom. The summed E-state index contributed by atoms with van der Waals surface area (Å²) in [6, 6.07) is 16.6. The molecule has 6 rings (SSSR count). The lowest BCUT2D eigenvalue weighted by Crippen LogP contribution is -2.41. The lowest BCUT2D eigenvalue weighted by Gasteiger charge is -2.32. The number of rotatable bonds is 7. The van der Waals surface area contributed by atoms with Gasteiger partial charge in [-0.2, -0.15) is 0 Å². The van der Waals surface area contributed by atoms with E-state index in [0.717, 1.165) is 77.5 Å². The van der Waals surface area contributed by atoms with Crippen molar-refractivity contribution < 1.29 is 19.4 Å². The van der Waals surface area contributed by atoms with Crippen molar-refractivity contribution in [2.75, 3.05) is 13.1 Å². The minimum atomic E-state index is -0.982. The molecule has 46 heavy (non-hydrogen) atoms. The molecule has 244 valence electrons. The second kappa shape index (κ2) is 12.7. The van der Waals surface area contributed by atoms with Crippen molar-refractivity contribution in [1.82, 2.24) is 29.7 Å². The first-order chi connectivity index (χ1) is 21.8. The summed E-state index contributed by atoms with van der Waals surface area (Å²) >= 11 is 0. The fraction of sp³-hybridized carbons (Fsp3) is 0.472. The smallest absolute Gasteiger partial charge is 0.410 e. The first-order valence-electron chi connectivity index (χ1n) is 16.3. The molecule has 10 heteroatoms. The van der Waals surface area contributed by atoms with Crippen LogP contribution in [0, 0.1) is 0 Å². The molecule has 4 aromatic rings. The standard InChI is InChI=1S/C36H46N6O4/c1-35(2,3)45-33(43)41-17-9-15-29(41)31-37-21-27(39-31)25-13-7-11-23(19-25)24-12-8-14-26(20-24)28-22-38-32(40-28)30-16-10-18-42(30)34(44)46-36(4,5)6/h7-8,11-14,19-22,29-30,33,43H,9-10,15-18H2,1-6H3,(H,37,39)(H,38,40)/t29?,30-,33?/m0/s1. The van der Waals surface area contributed by atoms with Crippen molar-refractivity contribution in [2.45, 2.75) is 96.9 Å². The van der Waals surface area contributed by atoms with Crippen molar-refractivity contribution >= 4 is 6.09 Å². The van der Waals surface area contributed by atoms with Crippen molar-refractivity contribution in [3.05, 3.63) is 72.6 Å². The summed E-state index contributed by atoms with van der Waals surface area (Å²) in [6.07, 6.45) is 6.06. The summed E-state index contributed by atoms with van der Waals surface area (Å²) in [4.78, 5) is 33.0. The topological polar surface area (TPSA) is 120 Å². The molecule has 4 heterocycles. The lowest BCUT2D eigenvalue weighted by molar-refractivity contribution is -0.243. The number of imidazole rings is 2. The minimum absolute atomic E-state index is 0.0364. The predicted octanol–water partition coefficient (Wildman–Crippen LogP) is 7.43. The molecule has 2 aliphatic rings. The number of carbonyl (C=O) groups is 1. The summed E-state index contributed by atoms with van der Waals surface area (Å²) in [6.45, 7) is 12.9. The average Bonchev–Trinajstić information content (AvgIpc) is 3.81. The number of hydrogen-bond donors (Lipinski definition) is 3. The molecule has 2 saturated heterocycles. The zero-order chi connectivity index (χ0) is 32.6. The van der Waals surface area contributed by atoms with Gasteiger partial charge >= 0.3 is 6.09 Å². The molecule has 10 nitrogen and oxygen atoms in total. The van der Waals surface area contributed by atoms with Crippen LogP contribution in [0.25, 0.3) is 33.6 Å². The van der Waals surface area contributed by atoms with E-state index >= 15 is 0 Å². The largest absolute Gasteiger partial charge is 0.444 e. The van der Waals surface area contributed by atoms with Gasteiger partial charge in [-0.05, 0) is 90.5 Å². The normalized spacial score (nSPS) is 19.9. The number of hydrogen-bond acceptors (Lipinski definition) is 7. The van der Waals surface area contributed by atoms with Crippen molar-refractivity contribution in [2.24, 2.45) is 0 Å². The number of aromatic amines is 2. The van der Waals surface area contributed by atoms with E-state index in [-0.39, 0.29) is 18.2 Å². The molecule has 0 aliphatic carbocycles. The summed E-state index contributed by atoms with van der Waals surface area (Å²) < 4.78 is 11.5. The van der Waals surface area contributed by atoms with Crippen LogP contribution in [-0.2, 0) is 9.47 Å². The molecule has 1 amide bonds. The van der Waals surface area contributed by atoms with E-state index in [1.165, 1.54) is 0 Å². The molecule has 0 radical (unpaired) electrons. The van der Waals surface area contributed by atoms with Gasteiger partial charge in [-0.1, -0.05) is 36.4 Å². The Balaban J connectivity index is 1.19. The van der Waals surface area contributed by atoms with Crippen LogP contribution in [0.1, 0.15) is 91.0 Å². The van der Waals surface area contributed by atoms with Crippen LogP contribution in [0.3, 0.4) is 0 Å². The van der Waals surface area contributed by atoms with E-state index in [9.17, 15) is 9.90 Å². The molecule has 2 fully saturated rings. The van der Waals surface area contributed by atoms with E-state index in [0.29, 0.717) is 6.54 Å². The number of likely N-dealkylation sites (tertiary alicyclic amines) is 2. The molecular formula is C36H46N6O4. The van der Waals surface area contributed by atoms with Crippen molar-refractivity contribution in [1.29, 1.82) is 0 Å². The third kappa shape index (κ3) is 7.19. The van der Waals surface area contributed by atoms with Gasteiger partial charge in [0.1, 0.15) is 17.2 Å². The molecule has 0 spiro atoms. The molecule has 3 atom stereocenters. The molecule has 2 unspecified atom stereocenters. The number of ether oxygens (including phenoxy) is 2. The highest BCUT2D eigenvalue weighted by molar-refractivity contribution is 5.75. The lowest BCUT2D eigenvalue weighted by atomic mass is 9.99. The maximum absolute atomic E-state index is 12.8. The van der Waals surface area contributed by atoms with Gasteiger partial charge in [0.2, 0.25) is 6.41 Å². The highest BCUT2D eigenvalue weighted by atomic mass is 16.6. The number of benzene rings is 2. The highest BCUT2D eigenvalue weighted by Gasteiger charge is 2.36. The second-order valence-corrected chi connectivity index (χ2v) is 14.3. The average molecular weight is 627 g/mol. The summed E-state index contributed by atoms with van der Waals surface area (Å²) in [7, 11) is 0. The number of nitrogens with zero attached hydrogens (tertiary/aromatic N) is 4. The van der Waals surface area contributed by atoms with E-state index in [1.54, 1.807) is 4.90 Å². The van der Waals surface area contributed by atoms with Crippen molar-refractivity contribution in [3.8, 4) is 33.6 Å². The van der Waals surface area contributed by atoms with Gasteiger partial charge in [0.25, 0.3) is 0 Å². The highest BCUT2D eigenvalue weighted by Crippen LogP contribution is 2.36. The van der Waals surface area contributed by atoms with Crippen LogP contribution in [0.15, 0.2) is 60.9 Å². The number of amides is 1. The Bertz CT molecular complexity index is 1660. The van der Waals surface area contributed by atoms with Crippen LogP contribution in [0.2, 0.25) is 0 Å². The first kappa shape index (κ1) is 32.0. The van der Waals surface area contributed by atoms with Crippen LogP contribution in [0.4, 0.5) is 4.79 Å². The maximum Gasteiger partial charge on any atom is 0.410 e. The zero-order valence-corrected chi connectivity index (χ0v) is 27.7. The summed E-state index contributed by atoms with van der Waals surface area (Å²) in [5.74, 6) is 1.61.